The molecule has 0 aliphatic heterocycles. The zero-order valence-corrected chi connectivity index (χ0v) is 3.49. The summed E-state index contributed by atoms with van der Waals surface area (Å²) >= 11 is 0. The van der Waals surface area contributed by atoms with Gasteiger partial charge < -0.3 is 0 Å². The van der Waals surface area contributed by atoms with Crippen molar-refractivity contribution in [2.24, 2.45) is 0 Å². The highest BCUT2D eigenvalue weighted by molar-refractivity contribution is 6.16. The lowest BCUT2D eigenvalue weighted by Crippen LogP contribution is -1.60. The molecule has 0 bridgehead atoms. The molecule has 0 rings (SSSR count). The molecule has 0 saturated heterocycles. The summed E-state index contributed by atoms with van der Waals surface area (Å²) in [5.41, 5.74) is 0. The minimum absolute atomic E-state index is 0.733. The quantitative estimate of drug-likeness (QED) is 0.383. The monoisotopic (exact) mass is 67.0 g/mol. The maximum absolute atomic E-state index is 4.98. The van der Waals surface area contributed by atoms with Crippen LogP contribution in [0.4, 0.5) is 0 Å². The fourth-order valence-electron chi connectivity index (χ4n) is 0. The first-order chi connectivity index (χ1) is 1.91. The highest BCUT2D eigenvalue weighted by atomic mass is 28.1. The SMILES string of the molecule is [B]CC[Si]. The molecule has 5 radical (unpaired) electrons. The molecular weight excluding hydrogens is 62.9 g/mol. The topological polar surface area (TPSA) is 0 Å². The predicted octanol–water partition coefficient (Wildman–Crippen LogP) is 0.160. The molecule has 0 spiro atoms. The predicted molar refractivity (Wildman–Crippen MR) is 21.1 cm³/mol. The fourth-order valence-corrected chi connectivity index (χ4v) is 0. The molecule has 4 heavy (non-hydrogen) atoms. The smallest absolute Gasteiger partial charge is 0.0648 e. The second-order valence-electron chi connectivity index (χ2n) is 0.539. The molecule has 0 aliphatic rings. The first-order valence-electron chi connectivity index (χ1n) is 1.26. The van der Waals surface area contributed by atoms with E-state index in [1.165, 1.54) is 0 Å². The van der Waals surface area contributed by atoms with E-state index in [0.717, 1.165) is 12.4 Å². The van der Waals surface area contributed by atoms with E-state index in [4.69, 9.17) is 7.85 Å². The first kappa shape index (κ1) is 4.28. The second-order valence-corrected chi connectivity index (χ2v) is 1.04. The van der Waals surface area contributed by atoms with Crippen LogP contribution >= 0.6 is 0 Å². The van der Waals surface area contributed by atoms with Crippen molar-refractivity contribution < 1.29 is 0 Å². The Balaban J connectivity index is 1.97. The van der Waals surface area contributed by atoms with E-state index in [1.54, 1.807) is 0 Å². The maximum atomic E-state index is 4.98. The van der Waals surface area contributed by atoms with Crippen LogP contribution in [0.1, 0.15) is 0 Å². The van der Waals surface area contributed by atoms with Crippen LogP contribution in [-0.2, 0) is 0 Å². The van der Waals surface area contributed by atoms with Gasteiger partial charge in [-0.2, -0.15) is 0 Å². The van der Waals surface area contributed by atoms with E-state index < -0.39 is 0 Å². The molecule has 2 heteroatoms. The van der Waals surface area contributed by atoms with Crippen LogP contribution < -0.4 is 0 Å². The van der Waals surface area contributed by atoms with Crippen LogP contribution in [0.15, 0.2) is 0 Å². The van der Waals surface area contributed by atoms with Gasteiger partial charge in [-0.05, 0) is 0 Å². The lowest BCUT2D eigenvalue weighted by atomic mass is 10.1. The zero-order valence-electron chi connectivity index (χ0n) is 2.49. The van der Waals surface area contributed by atoms with Gasteiger partial charge >= 0.3 is 0 Å². The van der Waals surface area contributed by atoms with Gasteiger partial charge in [0.25, 0.3) is 0 Å². The highest BCUT2D eigenvalue weighted by Crippen LogP contribution is 1.70. The van der Waals surface area contributed by atoms with Crippen molar-refractivity contribution >= 4 is 18.1 Å². The van der Waals surface area contributed by atoms with E-state index in [2.05, 4.69) is 10.2 Å². The average Bonchev–Trinajstić information content (AvgIpc) is 1.37. The third-order valence-electron chi connectivity index (χ3n) is 0.144. The molecule has 0 saturated carbocycles. The van der Waals surface area contributed by atoms with E-state index >= 15 is 0 Å². The molecule has 0 aliphatic carbocycles. The summed E-state index contributed by atoms with van der Waals surface area (Å²) < 4.78 is 0. The molecule has 0 fully saturated rings. The molecule has 0 N–H and O–H groups in total. The Bertz CT molecular complexity index is 8.00. The molecule has 0 amide bonds. The molecule has 0 aromatic rings. The summed E-state index contributed by atoms with van der Waals surface area (Å²) in [5.74, 6) is 0. The summed E-state index contributed by atoms with van der Waals surface area (Å²) in [4.78, 5) is 0. The Morgan fingerprint density at radius 2 is 2.00 bits per heavy atom. The number of hydrogen-bond donors (Lipinski definition) is 0. The first-order valence-corrected chi connectivity index (χ1v) is 1.97. The second kappa shape index (κ2) is 3.28. The maximum Gasteiger partial charge on any atom is 0.0648 e. The Kier molecular flexibility index (Phi) is 3.51. The van der Waals surface area contributed by atoms with Gasteiger partial charge in [-0.1, -0.05) is 12.4 Å². The van der Waals surface area contributed by atoms with Crippen LogP contribution in [0.5, 0.6) is 0 Å². The molecule has 0 atom stereocenters. The van der Waals surface area contributed by atoms with Crippen molar-refractivity contribution in [3.05, 3.63) is 0 Å². The molecular formula is C2H4BSi. The lowest BCUT2D eigenvalue weighted by molar-refractivity contribution is 1.46. The van der Waals surface area contributed by atoms with Crippen LogP contribution in [0.2, 0.25) is 12.4 Å². The van der Waals surface area contributed by atoms with Gasteiger partial charge in [0.1, 0.15) is 0 Å². The van der Waals surface area contributed by atoms with Crippen molar-refractivity contribution in [3.63, 3.8) is 0 Å². The molecule has 0 aromatic heterocycles. The van der Waals surface area contributed by atoms with Crippen LogP contribution in [0.3, 0.4) is 0 Å². The van der Waals surface area contributed by atoms with Crippen LogP contribution in [0, 0.1) is 0 Å². The largest absolute Gasteiger partial charge is 0.0916 e. The van der Waals surface area contributed by atoms with Gasteiger partial charge in [0, 0.05) is 10.2 Å². The van der Waals surface area contributed by atoms with Gasteiger partial charge in [0.2, 0.25) is 0 Å². The summed E-state index contributed by atoms with van der Waals surface area (Å²) in [7, 11) is 8.14. The summed E-state index contributed by atoms with van der Waals surface area (Å²) in [6.45, 7) is 0. The highest BCUT2D eigenvalue weighted by Gasteiger charge is 1.57. The van der Waals surface area contributed by atoms with Gasteiger partial charge in [0.15, 0.2) is 0 Å². The summed E-state index contributed by atoms with van der Waals surface area (Å²) in [6.07, 6.45) is 0.733. The zero-order chi connectivity index (χ0) is 3.41. The minimum atomic E-state index is 0.733. The Morgan fingerprint density at radius 3 is 2.00 bits per heavy atom. The van der Waals surface area contributed by atoms with E-state index in [1.807, 2.05) is 0 Å². The van der Waals surface area contributed by atoms with Crippen molar-refractivity contribution in [2.75, 3.05) is 0 Å². The van der Waals surface area contributed by atoms with E-state index in [9.17, 15) is 0 Å². The third kappa shape index (κ3) is 2.28. The summed E-state index contributed by atoms with van der Waals surface area (Å²) in [5, 5.41) is 0. The van der Waals surface area contributed by atoms with Gasteiger partial charge in [0.05, 0.1) is 7.85 Å². The van der Waals surface area contributed by atoms with E-state index in [0.29, 0.717) is 0 Å². The third-order valence-corrected chi connectivity index (χ3v) is 0.433. The van der Waals surface area contributed by atoms with Gasteiger partial charge in [-0.25, -0.2) is 0 Å². The Labute approximate surface area is 31.4 Å². The van der Waals surface area contributed by atoms with E-state index in [-0.39, 0.29) is 0 Å². The lowest BCUT2D eigenvalue weighted by Gasteiger charge is -1.67. The van der Waals surface area contributed by atoms with Crippen LogP contribution in [0.25, 0.3) is 0 Å². The van der Waals surface area contributed by atoms with Crippen molar-refractivity contribution in [2.45, 2.75) is 12.4 Å². The van der Waals surface area contributed by atoms with Gasteiger partial charge in [-0.15, -0.1) is 0 Å². The normalized spacial score (nSPS) is 7.25. The van der Waals surface area contributed by atoms with Crippen molar-refractivity contribution in [3.8, 4) is 0 Å². The molecule has 19 valence electrons. The molecule has 0 unspecified atom stereocenters. The Hall–Kier alpha value is 0.282. The Morgan fingerprint density at radius 1 is 1.75 bits per heavy atom. The van der Waals surface area contributed by atoms with Gasteiger partial charge in [-0.3, -0.25) is 0 Å². The van der Waals surface area contributed by atoms with Crippen molar-refractivity contribution in [1.29, 1.82) is 0 Å². The molecule has 0 nitrogen and oxygen atoms in total. The van der Waals surface area contributed by atoms with Crippen LogP contribution in [-0.4, -0.2) is 18.1 Å². The van der Waals surface area contributed by atoms with Crippen molar-refractivity contribution in [1.82, 2.24) is 0 Å². The number of hydrogen-bond acceptors (Lipinski definition) is 0. The minimum Gasteiger partial charge on any atom is -0.0916 e. The number of rotatable bonds is 1. The average molecular weight is 67.0 g/mol. The molecule has 0 heterocycles. The summed E-state index contributed by atoms with van der Waals surface area (Å²) in [6, 6.07) is 0.903. The standard InChI is InChI=1S/C2H4BSi/c3-1-2-4/h1-2H2. The fraction of sp³-hybridized carbons (Fsp3) is 1.00. The molecule has 0 aromatic carbocycles.